The Bertz CT molecular complexity index is 898. The van der Waals surface area contributed by atoms with Crippen LogP contribution in [0.1, 0.15) is 21.8 Å². The zero-order chi connectivity index (χ0) is 18.5. The van der Waals surface area contributed by atoms with Gasteiger partial charge in [-0.15, -0.1) is 10.2 Å². The van der Waals surface area contributed by atoms with Crippen LogP contribution in [0.25, 0.3) is 0 Å². The second-order valence-corrected chi connectivity index (χ2v) is 6.47. The summed E-state index contributed by atoms with van der Waals surface area (Å²) in [4.78, 5) is 11.9. The number of nitrogens with one attached hydrogen (secondary N) is 1. The molecular formula is C17H12ClF2N3O2S. The first-order chi connectivity index (χ1) is 12.5. The summed E-state index contributed by atoms with van der Waals surface area (Å²) < 4.78 is 32.0. The third kappa shape index (κ3) is 4.59. The molecule has 3 aromatic rings. The number of hydrogen-bond acceptors (Lipinski definition) is 5. The topological polar surface area (TPSA) is 68.0 Å². The molecular weight excluding hydrogens is 384 g/mol. The molecule has 0 atom stereocenters. The molecule has 1 N–H and O–H groups in total. The second-order valence-electron chi connectivity index (χ2n) is 5.14. The van der Waals surface area contributed by atoms with Crippen LogP contribution >= 0.6 is 23.4 Å². The molecule has 0 bridgehead atoms. The average molecular weight is 396 g/mol. The van der Waals surface area contributed by atoms with E-state index in [0.29, 0.717) is 16.1 Å². The lowest BCUT2D eigenvalue weighted by molar-refractivity contribution is 0.0946. The Morgan fingerprint density at radius 1 is 1.15 bits per heavy atom. The van der Waals surface area contributed by atoms with Crippen LogP contribution in [0.5, 0.6) is 0 Å². The van der Waals surface area contributed by atoms with E-state index in [9.17, 15) is 13.6 Å². The Hall–Kier alpha value is -2.45. The van der Waals surface area contributed by atoms with Crippen LogP contribution in [0.15, 0.2) is 52.1 Å². The summed E-state index contributed by atoms with van der Waals surface area (Å²) in [5, 5.41) is 10.8. The fourth-order valence-corrected chi connectivity index (χ4v) is 3.16. The van der Waals surface area contributed by atoms with Gasteiger partial charge in [0.25, 0.3) is 11.1 Å². The van der Waals surface area contributed by atoms with Crippen molar-refractivity contribution in [2.24, 2.45) is 0 Å². The molecule has 5 nitrogen and oxygen atoms in total. The molecule has 0 aliphatic rings. The highest BCUT2D eigenvalue weighted by Gasteiger charge is 2.12. The highest BCUT2D eigenvalue weighted by Crippen LogP contribution is 2.27. The monoisotopic (exact) mass is 395 g/mol. The standard InChI is InChI=1S/C17H12ClF2N3O2S/c18-13-2-1-3-14(20)12(13)9-26-17-23-22-15(25-17)8-21-16(24)10-4-6-11(19)7-5-10/h1-7H,8-9H2,(H,21,24). The van der Waals surface area contributed by atoms with Gasteiger partial charge in [0.2, 0.25) is 5.89 Å². The van der Waals surface area contributed by atoms with Crippen molar-refractivity contribution in [1.29, 1.82) is 0 Å². The van der Waals surface area contributed by atoms with Crippen LogP contribution in [-0.4, -0.2) is 16.1 Å². The zero-order valence-electron chi connectivity index (χ0n) is 13.2. The lowest BCUT2D eigenvalue weighted by Crippen LogP contribution is -2.22. The van der Waals surface area contributed by atoms with Gasteiger partial charge in [-0.2, -0.15) is 0 Å². The van der Waals surface area contributed by atoms with Gasteiger partial charge in [0, 0.05) is 21.9 Å². The number of hydrogen-bond donors (Lipinski definition) is 1. The molecule has 134 valence electrons. The molecule has 1 amide bonds. The molecule has 0 spiro atoms. The summed E-state index contributed by atoms with van der Waals surface area (Å²) in [5.41, 5.74) is 0.665. The van der Waals surface area contributed by atoms with E-state index in [0.717, 1.165) is 11.8 Å². The zero-order valence-corrected chi connectivity index (χ0v) is 14.8. The summed E-state index contributed by atoms with van der Waals surface area (Å²) in [6.07, 6.45) is 0. The van der Waals surface area contributed by atoms with Crippen molar-refractivity contribution in [1.82, 2.24) is 15.5 Å². The molecule has 1 heterocycles. The SMILES string of the molecule is O=C(NCc1nnc(SCc2c(F)cccc2Cl)o1)c1ccc(F)cc1. The maximum atomic E-state index is 13.7. The molecule has 0 saturated heterocycles. The van der Waals surface area contributed by atoms with Crippen LogP contribution in [0, 0.1) is 11.6 Å². The van der Waals surface area contributed by atoms with Crippen molar-refractivity contribution in [3.05, 3.63) is 76.1 Å². The minimum atomic E-state index is -0.421. The molecule has 3 rings (SSSR count). The lowest BCUT2D eigenvalue weighted by Gasteiger charge is -2.03. The van der Waals surface area contributed by atoms with Crippen LogP contribution in [-0.2, 0) is 12.3 Å². The molecule has 1 aromatic heterocycles. The highest BCUT2D eigenvalue weighted by atomic mass is 35.5. The quantitative estimate of drug-likeness (QED) is 0.633. The smallest absolute Gasteiger partial charge is 0.276 e. The Morgan fingerprint density at radius 2 is 1.92 bits per heavy atom. The van der Waals surface area contributed by atoms with E-state index in [1.165, 1.54) is 36.4 Å². The van der Waals surface area contributed by atoms with Crippen LogP contribution in [0.3, 0.4) is 0 Å². The van der Waals surface area contributed by atoms with Gasteiger partial charge in [0.05, 0.1) is 6.54 Å². The van der Waals surface area contributed by atoms with Gasteiger partial charge in [-0.1, -0.05) is 29.4 Å². The summed E-state index contributed by atoms with van der Waals surface area (Å²) >= 11 is 7.10. The van der Waals surface area contributed by atoms with E-state index >= 15 is 0 Å². The molecule has 0 fully saturated rings. The van der Waals surface area contributed by atoms with Gasteiger partial charge < -0.3 is 9.73 Å². The van der Waals surface area contributed by atoms with Gasteiger partial charge in [0.1, 0.15) is 11.6 Å². The first-order valence-electron chi connectivity index (χ1n) is 7.45. The molecule has 0 saturated carbocycles. The molecule has 0 radical (unpaired) electrons. The Kier molecular flexibility index (Phi) is 5.85. The summed E-state index contributed by atoms with van der Waals surface area (Å²) in [7, 11) is 0. The highest BCUT2D eigenvalue weighted by molar-refractivity contribution is 7.98. The van der Waals surface area contributed by atoms with Crippen molar-refractivity contribution < 1.29 is 18.0 Å². The van der Waals surface area contributed by atoms with Crippen molar-refractivity contribution in [3.63, 3.8) is 0 Å². The summed E-state index contributed by atoms with van der Waals surface area (Å²) in [5.74, 6) is -0.792. The van der Waals surface area contributed by atoms with Crippen molar-refractivity contribution in [2.45, 2.75) is 17.5 Å². The van der Waals surface area contributed by atoms with Crippen LogP contribution < -0.4 is 5.32 Å². The fraction of sp³-hybridized carbons (Fsp3) is 0.118. The lowest BCUT2D eigenvalue weighted by atomic mass is 10.2. The van der Waals surface area contributed by atoms with Gasteiger partial charge in [-0.05, 0) is 36.4 Å². The normalized spacial score (nSPS) is 10.7. The Morgan fingerprint density at radius 3 is 2.65 bits per heavy atom. The maximum Gasteiger partial charge on any atom is 0.276 e. The number of thioether (sulfide) groups is 1. The van der Waals surface area contributed by atoms with Gasteiger partial charge >= 0.3 is 0 Å². The molecule has 9 heteroatoms. The summed E-state index contributed by atoms with van der Waals surface area (Å²) in [6.45, 7) is 0.0181. The molecule has 0 aliphatic carbocycles. The first-order valence-corrected chi connectivity index (χ1v) is 8.81. The van der Waals surface area contributed by atoms with Gasteiger partial charge in [-0.25, -0.2) is 8.78 Å². The number of halogens is 3. The number of carbonyl (C=O) groups is 1. The molecule has 0 unspecified atom stereocenters. The second kappa shape index (κ2) is 8.29. The largest absolute Gasteiger partial charge is 0.414 e. The van der Waals surface area contributed by atoms with Crippen LogP contribution in [0.4, 0.5) is 8.78 Å². The van der Waals surface area contributed by atoms with E-state index in [4.69, 9.17) is 16.0 Å². The number of amides is 1. The number of aromatic nitrogens is 2. The van der Waals surface area contributed by atoms with E-state index in [1.807, 2.05) is 0 Å². The van der Waals surface area contributed by atoms with E-state index in [2.05, 4.69) is 15.5 Å². The van der Waals surface area contributed by atoms with Crippen molar-refractivity contribution in [2.75, 3.05) is 0 Å². The van der Waals surface area contributed by atoms with Gasteiger partial charge in [0.15, 0.2) is 0 Å². The maximum absolute atomic E-state index is 13.7. The third-order valence-electron chi connectivity index (χ3n) is 3.36. The minimum absolute atomic E-state index is 0.0181. The van der Waals surface area contributed by atoms with E-state index in [1.54, 1.807) is 6.07 Å². The number of benzene rings is 2. The molecule has 2 aromatic carbocycles. The first kappa shape index (κ1) is 18.3. The fourth-order valence-electron chi connectivity index (χ4n) is 2.03. The predicted molar refractivity (Wildman–Crippen MR) is 92.8 cm³/mol. The van der Waals surface area contributed by atoms with Crippen molar-refractivity contribution >= 4 is 29.3 Å². The number of nitrogens with zero attached hydrogens (tertiary/aromatic N) is 2. The van der Waals surface area contributed by atoms with E-state index < -0.39 is 17.5 Å². The molecule has 26 heavy (non-hydrogen) atoms. The average Bonchev–Trinajstić information content (AvgIpc) is 3.08. The summed E-state index contributed by atoms with van der Waals surface area (Å²) in [6, 6.07) is 9.60. The minimum Gasteiger partial charge on any atom is -0.414 e. The predicted octanol–water partition coefficient (Wildman–Crippen LogP) is 4.22. The van der Waals surface area contributed by atoms with E-state index in [-0.39, 0.29) is 23.4 Å². The Labute approximate surface area is 156 Å². The van der Waals surface area contributed by atoms with Gasteiger partial charge in [-0.3, -0.25) is 4.79 Å². The number of carbonyl (C=O) groups excluding carboxylic acids is 1. The number of rotatable bonds is 6. The molecule has 0 aliphatic heterocycles. The third-order valence-corrected chi connectivity index (χ3v) is 4.56. The van der Waals surface area contributed by atoms with Crippen LogP contribution in [0.2, 0.25) is 5.02 Å². The van der Waals surface area contributed by atoms with Crippen molar-refractivity contribution in [3.8, 4) is 0 Å². The Balaban J connectivity index is 1.55.